The quantitative estimate of drug-likeness (QED) is 0.0464. The van der Waals surface area contributed by atoms with E-state index in [-0.39, 0.29) is 18.2 Å². The number of para-hydroxylation sites is 1. The van der Waals surface area contributed by atoms with Crippen LogP contribution in [0, 0.1) is 116 Å². The zero-order valence-electron chi connectivity index (χ0n) is 33.1. The van der Waals surface area contributed by atoms with Gasteiger partial charge in [-0.2, -0.15) is 30.8 Å². The fraction of sp³-hybridized carbons (Fsp3) is 0.286. The summed E-state index contributed by atoms with van der Waals surface area (Å²) in [5.74, 6) is -66.2. The van der Waals surface area contributed by atoms with Crippen LogP contribution < -0.4 is 4.48 Å². The van der Waals surface area contributed by atoms with Gasteiger partial charge in [-0.1, -0.05) is 52.2 Å². The Morgan fingerprint density at radius 1 is 0.328 bits per heavy atom. The first-order chi connectivity index (χ1) is 30.0. The van der Waals surface area contributed by atoms with E-state index in [2.05, 4.69) is 25.7 Å². The second-order valence-electron chi connectivity index (χ2n) is 13.8. The summed E-state index contributed by atoms with van der Waals surface area (Å²) in [5, 5.41) is 0. The van der Waals surface area contributed by atoms with Crippen LogP contribution in [0.5, 0.6) is 0 Å². The molecule has 0 amide bonds. The molecule has 0 radical (unpaired) electrons. The number of nitrogens with zero attached hydrogens (tertiary/aromatic N) is 2. The van der Waals surface area contributed by atoms with Gasteiger partial charge >= 0.3 is 0 Å². The van der Waals surface area contributed by atoms with Gasteiger partial charge in [0.25, 0.3) is 0 Å². The summed E-state index contributed by atoms with van der Waals surface area (Å²) in [5.41, 5.74) is -16.9. The second kappa shape index (κ2) is 20.6. The van der Waals surface area contributed by atoms with E-state index < -0.39 is 155 Å². The van der Waals surface area contributed by atoms with Crippen LogP contribution in [0.25, 0.3) is 11.1 Å². The van der Waals surface area contributed by atoms with Crippen LogP contribution in [0.4, 0.5) is 111 Å². The molecule has 0 aliphatic heterocycles. The van der Waals surface area contributed by atoms with Crippen LogP contribution in [-0.4, -0.2) is 24.5 Å². The van der Waals surface area contributed by atoms with Gasteiger partial charge in [-0.25, -0.2) is 61.5 Å². The summed E-state index contributed by atoms with van der Waals surface area (Å²) in [6.45, 7) is 10.8. The highest BCUT2D eigenvalue weighted by atomic mass is 19.2. The highest BCUT2D eigenvalue weighted by Crippen LogP contribution is 2.60. The predicted molar refractivity (Wildman–Crippen MR) is 192 cm³/mol. The van der Waals surface area contributed by atoms with Gasteiger partial charge in [0, 0.05) is 6.07 Å². The van der Waals surface area contributed by atoms with Crippen LogP contribution in [0.3, 0.4) is 0 Å². The largest absolute Gasteiger partial charge is 0.303 e. The van der Waals surface area contributed by atoms with Gasteiger partial charge in [0.05, 0.1) is 11.1 Å². The van der Waals surface area contributed by atoms with Crippen molar-refractivity contribution in [1.29, 1.82) is 0 Å². The first-order valence-electron chi connectivity index (χ1n) is 18.8. The maximum atomic E-state index is 15.8. The van der Waals surface area contributed by atoms with Crippen molar-refractivity contribution in [3.05, 3.63) is 141 Å². The zero-order chi connectivity index (χ0) is 48.3. The monoisotopic (exact) mass is 943 g/mol. The van der Waals surface area contributed by atoms with E-state index in [1.165, 1.54) is 58.2 Å². The Morgan fingerprint density at radius 2 is 0.562 bits per heavy atom. The SMILES string of the molecule is CCCCN(CCCC)CCCC.Fc1c(F)c(F)c(-c2ccccc2[N+](c2c(F)c(F)c(F)c(F)c2F)(c2c(F)c(F)c(F)c(F)c2F)c2c(F)c(F)c(F)c(F)c2F)c(F)c1F. The van der Waals surface area contributed by atoms with Gasteiger partial charge in [0.15, 0.2) is 29.0 Å². The Hall–Kier alpha value is -5.38. The summed E-state index contributed by atoms with van der Waals surface area (Å²) in [4.78, 5) is 2.64. The van der Waals surface area contributed by atoms with E-state index in [1.807, 2.05) is 0 Å². The molecule has 5 aromatic carbocycles. The lowest BCUT2D eigenvalue weighted by molar-refractivity contribution is 0.261. The first-order valence-corrected chi connectivity index (χ1v) is 18.8. The van der Waals surface area contributed by atoms with Crippen molar-refractivity contribution in [3.63, 3.8) is 0 Å². The van der Waals surface area contributed by atoms with Gasteiger partial charge in [-0.3, -0.25) is 0 Å². The van der Waals surface area contributed by atoms with Crippen molar-refractivity contribution in [2.75, 3.05) is 19.6 Å². The lowest BCUT2D eigenvalue weighted by Gasteiger charge is -2.38. The molecule has 64 heavy (non-hydrogen) atoms. The van der Waals surface area contributed by atoms with Crippen molar-refractivity contribution in [1.82, 2.24) is 9.38 Å². The van der Waals surface area contributed by atoms with E-state index in [4.69, 9.17) is 0 Å². The maximum absolute atomic E-state index is 15.8. The first kappa shape index (κ1) is 51.3. The van der Waals surface area contributed by atoms with Crippen molar-refractivity contribution < 1.29 is 87.8 Å². The van der Waals surface area contributed by atoms with Crippen molar-refractivity contribution in [2.24, 2.45) is 0 Å². The van der Waals surface area contributed by atoms with Gasteiger partial charge in [-0.05, 0) is 45.0 Å². The van der Waals surface area contributed by atoms with Crippen molar-refractivity contribution in [3.8, 4) is 11.1 Å². The van der Waals surface area contributed by atoms with Crippen LogP contribution >= 0.6 is 0 Å². The van der Waals surface area contributed by atoms with Crippen LogP contribution in [0.15, 0.2) is 24.3 Å². The fourth-order valence-corrected chi connectivity index (χ4v) is 6.66. The molecular formula is C42H31F20N2+. The van der Waals surface area contributed by atoms with E-state index in [0.29, 0.717) is 6.07 Å². The molecule has 0 spiro atoms. The van der Waals surface area contributed by atoms with Crippen LogP contribution in [-0.2, 0) is 0 Å². The average molecular weight is 944 g/mol. The molecule has 5 aromatic rings. The third kappa shape index (κ3) is 8.73. The Bertz CT molecular complexity index is 2260. The molecule has 0 fully saturated rings. The Labute approximate surface area is 350 Å². The number of hydrogen-bond acceptors (Lipinski definition) is 1. The number of hydrogen-bond donors (Lipinski definition) is 0. The molecule has 0 heterocycles. The van der Waals surface area contributed by atoms with Crippen molar-refractivity contribution in [2.45, 2.75) is 59.3 Å². The van der Waals surface area contributed by atoms with Gasteiger partial charge in [0.1, 0.15) is 0 Å². The highest BCUT2D eigenvalue weighted by molar-refractivity contribution is 5.91. The van der Waals surface area contributed by atoms with Crippen LogP contribution in [0.1, 0.15) is 59.3 Å². The molecule has 0 aliphatic carbocycles. The molecule has 0 atom stereocenters. The molecule has 0 aliphatic rings. The topological polar surface area (TPSA) is 3.24 Å². The Morgan fingerprint density at radius 3 is 0.828 bits per heavy atom. The third-order valence-electron chi connectivity index (χ3n) is 9.79. The maximum Gasteiger partial charge on any atom is 0.227 e. The van der Waals surface area contributed by atoms with E-state index in [1.54, 1.807) is 0 Å². The molecule has 0 N–H and O–H groups in total. The molecule has 2 nitrogen and oxygen atoms in total. The molecule has 0 bridgehead atoms. The average Bonchev–Trinajstić information content (AvgIpc) is 3.28. The summed E-state index contributed by atoms with van der Waals surface area (Å²) < 4.78 is 295. The number of benzene rings is 5. The number of unbranched alkanes of at least 4 members (excludes halogenated alkanes) is 3. The Kier molecular flexibility index (Phi) is 16.5. The number of rotatable bonds is 14. The summed E-state index contributed by atoms with van der Waals surface area (Å²) in [6, 6.07) is 0.412. The molecule has 348 valence electrons. The standard InChI is InChI=1S/C30H4F20N.C12H27N/c31-8-7(9(32)11(34)12(35)10(8)33)5-3-1-2-4-6(5)51(28-22(45)16(39)13(36)17(40)23(28)46,29-24(47)18(41)14(37)19(42)25(29)48)30-26(49)20(43)15(38)21(44)27(30)50;1-4-7-10-13(11-8-5-2)12-9-6-3/h1-4H;4-12H2,1-3H3/q+1;. The summed E-state index contributed by atoms with van der Waals surface area (Å²) in [6.07, 6.45) is 8.09. The fourth-order valence-electron chi connectivity index (χ4n) is 6.66. The molecule has 0 saturated heterocycles. The Balaban J connectivity index is 0.000000598. The van der Waals surface area contributed by atoms with E-state index >= 15 is 35.1 Å². The van der Waals surface area contributed by atoms with Crippen molar-refractivity contribution >= 4 is 22.7 Å². The van der Waals surface area contributed by atoms with E-state index in [0.717, 1.165) is 0 Å². The van der Waals surface area contributed by atoms with Gasteiger partial charge < -0.3 is 4.90 Å². The van der Waals surface area contributed by atoms with Crippen LogP contribution in [0.2, 0.25) is 0 Å². The minimum atomic E-state index is -4.32. The third-order valence-corrected chi connectivity index (χ3v) is 9.79. The minimum Gasteiger partial charge on any atom is -0.303 e. The smallest absolute Gasteiger partial charge is 0.227 e. The second-order valence-corrected chi connectivity index (χ2v) is 13.8. The summed E-state index contributed by atoms with van der Waals surface area (Å²) in [7, 11) is 0. The summed E-state index contributed by atoms with van der Waals surface area (Å²) >= 11 is 0. The van der Waals surface area contributed by atoms with E-state index in [9.17, 15) is 52.7 Å². The number of quaternary nitrogens is 1. The predicted octanol–water partition coefficient (Wildman–Crippen LogP) is 15.1. The molecule has 0 aromatic heterocycles. The molecule has 0 unspecified atom stereocenters. The normalized spacial score (nSPS) is 11.8. The molecule has 22 heteroatoms. The molecule has 5 rings (SSSR count). The number of halogens is 20. The zero-order valence-corrected chi connectivity index (χ0v) is 33.1. The van der Waals surface area contributed by atoms with Gasteiger partial charge in [0.2, 0.25) is 110 Å². The molecular weight excluding hydrogens is 912 g/mol. The van der Waals surface area contributed by atoms with Gasteiger partial charge in [-0.15, -0.1) is 0 Å². The highest BCUT2D eigenvalue weighted by Gasteiger charge is 2.58. The minimum absolute atomic E-state index is 0.0370. The lowest BCUT2D eigenvalue weighted by atomic mass is 9.95. The lowest BCUT2D eigenvalue weighted by Crippen LogP contribution is -2.41. The molecule has 0 saturated carbocycles.